The fourth-order valence-electron chi connectivity index (χ4n) is 4.30. The van der Waals surface area contributed by atoms with Gasteiger partial charge >= 0.3 is 6.18 Å². The SMILES string of the molecule is C=C(CC(OC)(c1cc(O)c(O)c(O)c1)C(F)(F)F)c1sc(C)c2c1CCC2.CCCNC(=O)CNC=O. The second kappa shape index (κ2) is 13.0. The van der Waals surface area contributed by atoms with Crippen LogP contribution in [0, 0.1) is 6.92 Å². The monoisotopic (exact) mass is 558 g/mol. The van der Waals surface area contributed by atoms with Gasteiger partial charge in [0.05, 0.1) is 6.54 Å². The molecule has 12 heteroatoms. The van der Waals surface area contributed by atoms with Gasteiger partial charge in [-0.05, 0) is 61.4 Å². The zero-order valence-electron chi connectivity index (χ0n) is 21.5. The Labute approximate surface area is 223 Å². The van der Waals surface area contributed by atoms with Crippen LogP contribution in [0.25, 0.3) is 5.57 Å². The summed E-state index contributed by atoms with van der Waals surface area (Å²) in [6.45, 7) is 8.56. The molecule has 0 spiro atoms. The van der Waals surface area contributed by atoms with Gasteiger partial charge in [0.15, 0.2) is 22.8 Å². The highest BCUT2D eigenvalue weighted by molar-refractivity contribution is 7.13. The van der Waals surface area contributed by atoms with Crippen molar-refractivity contribution in [1.82, 2.24) is 10.6 Å². The number of phenols is 3. The molecule has 8 nitrogen and oxygen atoms in total. The summed E-state index contributed by atoms with van der Waals surface area (Å²) in [5.74, 6) is -2.76. The maximum absolute atomic E-state index is 14.2. The minimum absolute atomic E-state index is 0.0729. The summed E-state index contributed by atoms with van der Waals surface area (Å²) in [7, 11) is 0.922. The van der Waals surface area contributed by atoms with Gasteiger partial charge < -0.3 is 30.7 Å². The van der Waals surface area contributed by atoms with Crippen molar-refractivity contribution in [3.05, 3.63) is 45.2 Å². The topological polar surface area (TPSA) is 128 Å². The first kappa shape index (κ1) is 31.0. The molecule has 38 heavy (non-hydrogen) atoms. The number of halogens is 3. The molecule has 1 aromatic heterocycles. The predicted octanol–water partition coefficient (Wildman–Crippen LogP) is 4.43. The van der Waals surface area contributed by atoms with E-state index in [0.717, 1.165) is 60.2 Å². The van der Waals surface area contributed by atoms with Crippen molar-refractivity contribution in [2.45, 2.75) is 57.7 Å². The number of benzene rings is 1. The Kier molecular flexibility index (Phi) is 10.6. The average Bonchev–Trinajstić information content (AvgIpc) is 3.46. The number of amides is 2. The molecule has 1 aliphatic carbocycles. The number of aromatic hydroxyl groups is 3. The molecule has 3 rings (SSSR count). The lowest BCUT2D eigenvalue weighted by Gasteiger charge is -2.35. The van der Waals surface area contributed by atoms with Crippen LogP contribution in [0.5, 0.6) is 17.2 Å². The highest BCUT2D eigenvalue weighted by Gasteiger charge is 2.57. The molecule has 210 valence electrons. The van der Waals surface area contributed by atoms with E-state index in [1.165, 1.54) is 16.9 Å². The molecule has 2 amide bonds. The van der Waals surface area contributed by atoms with Gasteiger partial charge in [0.1, 0.15) is 0 Å². The first-order valence-corrected chi connectivity index (χ1v) is 12.7. The van der Waals surface area contributed by atoms with E-state index in [-0.39, 0.29) is 18.0 Å². The zero-order chi connectivity index (χ0) is 28.7. The van der Waals surface area contributed by atoms with Gasteiger partial charge in [0.2, 0.25) is 12.3 Å². The number of carbonyl (C=O) groups excluding carboxylic acids is 2. The van der Waals surface area contributed by atoms with E-state index in [9.17, 15) is 38.1 Å². The van der Waals surface area contributed by atoms with Gasteiger partial charge in [-0.15, -0.1) is 11.3 Å². The quantitative estimate of drug-likeness (QED) is 0.217. The molecule has 5 N–H and O–H groups in total. The fourth-order valence-corrected chi connectivity index (χ4v) is 5.52. The molecule has 1 unspecified atom stereocenters. The van der Waals surface area contributed by atoms with E-state index >= 15 is 0 Å². The van der Waals surface area contributed by atoms with Crippen LogP contribution in [0.15, 0.2) is 18.7 Å². The van der Waals surface area contributed by atoms with Crippen molar-refractivity contribution in [2.75, 3.05) is 20.2 Å². The first-order valence-electron chi connectivity index (χ1n) is 11.9. The number of carbonyl (C=O) groups is 2. The van der Waals surface area contributed by atoms with E-state index in [1.54, 1.807) is 0 Å². The van der Waals surface area contributed by atoms with E-state index in [1.807, 2.05) is 13.8 Å². The minimum Gasteiger partial charge on any atom is -0.504 e. The van der Waals surface area contributed by atoms with E-state index in [2.05, 4.69) is 17.2 Å². The summed E-state index contributed by atoms with van der Waals surface area (Å²) in [4.78, 5) is 22.1. The standard InChI is InChI=1S/C20H21F3O4S.C6H12N2O2/c1-10(18-14-6-4-5-13(14)11(2)28-18)9-19(27-3,20(21,22)23)12-7-15(24)17(26)16(25)8-12;1-2-3-8-6(10)4-7-5-9/h7-8,24-26H,1,4-6,9H2,2-3H3;5H,2-4H2,1H3,(H,7,9)(H,8,10). The van der Waals surface area contributed by atoms with Crippen molar-refractivity contribution < 1.29 is 42.8 Å². The number of ether oxygens (including phenoxy) is 1. The lowest BCUT2D eigenvalue weighted by Crippen LogP contribution is -2.44. The van der Waals surface area contributed by atoms with Crippen LogP contribution in [0.2, 0.25) is 0 Å². The molecule has 0 bridgehead atoms. The number of rotatable bonds is 10. The van der Waals surface area contributed by atoms with Crippen LogP contribution in [0.4, 0.5) is 13.2 Å². The second-order valence-electron chi connectivity index (χ2n) is 8.82. The van der Waals surface area contributed by atoms with Gasteiger partial charge in [-0.3, -0.25) is 9.59 Å². The second-order valence-corrected chi connectivity index (χ2v) is 10.0. The van der Waals surface area contributed by atoms with Crippen molar-refractivity contribution >= 4 is 29.2 Å². The largest absolute Gasteiger partial charge is 0.504 e. The number of thiophene rings is 1. The number of hydrogen-bond donors (Lipinski definition) is 5. The average molecular weight is 559 g/mol. The highest BCUT2D eigenvalue weighted by atomic mass is 32.1. The summed E-state index contributed by atoms with van der Waals surface area (Å²) >= 11 is 1.43. The van der Waals surface area contributed by atoms with Crippen LogP contribution < -0.4 is 10.6 Å². The van der Waals surface area contributed by atoms with E-state index in [4.69, 9.17) is 4.74 Å². The van der Waals surface area contributed by atoms with Gasteiger partial charge in [-0.25, -0.2) is 0 Å². The molecule has 2 aromatic rings. The number of alkyl halides is 3. The lowest BCUT2D eigenvalue weighted by molar-refractivity contribution is -0.274. The minimum atomic E-state index is -4.87. The van der Waals surface area contributed by atoms with Crippen LogP contribution in [0.1, 0.15) is 52.6 Å². The van der Waals surface area contributed by atoms with Crippen molar-refractivity contribution in [1.29, 1.82) is 0 Å². The Hall–Kier alpha value is -3.25. The molecule has 1 atom stereocenters. The summed E-state index contributed by atoms with van der Waals surface area (Å²) in [5, 5.41) is 33.8. The number of phenolic OH excluding ortho intramolecular Hbond substituents is 3. The molecule has 1 aromatic carbocycles. The molecule has 1 heterocycles. The number of aryl methyl sites for hydroxylation is 1. The smallest absolute Gasteiger partial charge is 0.422 e. The number of fused-ring (bicyclic) bond motifs is 1. The van der Waals surface area contributed by atoms with Gasteiger partial charge in [0, 0.05) is 35.4 Å². The summed E-state index contributed by atoms with van der Waals surface area (Å²) in [6, 6.07) is 1.51. The predicted molar refractivity (Wildman–Crippen MR) is 138 cm³/mol. The third-order valence-electron chi connectivity index (χ3n) is 6.22. The Bertz CT molecular complexity index is 1140. The summed E-state index contributed by atoms with van der Waals surface area (Å²) in [5.41, 5.74) is -0.827. The number of hydrogen-bond acceptors (Lipinski definition) is 7. The summed E-state index contributed by atoms with van der Waals surface area (Å²) in [6.07, 6.45) is -1.37. The van der Waals surface area contributed by atoms with Crippen molar-refractivity contribution in [3.63, 3.8) is 0 Å². The molecule has 0 radical (unpaired) electrons. The molecule has 0 aliphatic heterocycles. The van der Waals surface area contributed by atoms with E-state index < -0.39 is 41.0 Å². The zero-order valence-corrected chi connectivity index (χ0v) is 22.3. The van der Waals surface area contributed by atoms with Crippen LogP contribution in [-0.4, -0.2) is 54.0 Å². The molecule has 0 fully saturated rings. The van der Waals surface area contributed by atoms with Gasteiger partial charge in [0.25, 0.3) is 0 Å². The maximum atomic E-state index is 14.2. The Morgan fingerprint density at radius 3 is 2.32 bits per heavy atom. The number of nitrogens with one attached hydrogen (secondary N) is 2. The molecular weight excluding hydrogens is 525 g/mol. The lowest BCUT2D eigenvalue weighted by atomic mass is 9.85. The van der Waals surface area contributed by atoms with Crippen LogP contribution >= 0.6 is 11.3 Å². The Morgan fingerprint density at radius 2 is 1.79 bits per heavy atom. The van der Waals surface area contributed by atoms with Gasteiger partial charge in [-0.1, -0.05) is 13.5 Å². The third-order valence-corrected chi connectivity index (χ3v) is 7.51. The highest BCUT2D eigenvalue weighted by Crippen LogP contribution is 2.52. The number of methoxy groups -OCH3 is 1. The van der Waals surface area contributed by atoms with Crippen LogP contribution in [-0.2, 0) is 32.8 Å². The molecule has 1 aliphatic rings. The Balaban J connectivity index is 0.000000432. The van der Waals surface area contributed by atoms with Gasteiger partial charge in [-0.2, -0.15) is 13.2 Å². The Morgan fingerprint density at radius 1 is 1.18 bits per heavy atom. The van der Waals surface area contributed by atoms with E-state index in [0.29, 0.717) is 13.0 Å². The van der Waals surface area contributed by atoms with Crippen molar-refractivity contribution in [2.24, 2.45) is 0 Å². The first-order chi connectivity index (χ1) is 17.8. The molecular formula is C26H33F3N2O6S. The third kappa shape index (κ3) is 6.79. The van der Waals surface area contributed by atoms with Crippen LogP contribution in [0.3, 0.4) is 0 Å². The van der Waals surface area contributed by atoms with Crippen molar-refractivity contribution in [3.8, 4) is 17.2 Å². The molecule has 0 saturated carbocycles. The summed E-state index contributed by atoms with van der Waals surface area (Å²) < 4.78 is 47.5. The normalized spacial score (nSPS) is 14.1. The maximum Gasteiger partial charge on any atom is 0.422 e. The fraction of sp³-hybridized carbons (Fsp3) is 0.462. The molecule has 0 saturated heterocycles.